The van der Waals surface area contributed by atoms with Crippen LogP contribution >= 0.6 is 23.4 Å². The minimum atomic E-state index is -0.351. The van der Waals surface area contributed by atoms with E-state index in [9.17, 15) is 4.39 Å². The second kappa shape index (κ2) is 5.51. The third-order valence-corrected chi connectivity index (χ3v) is 3.32. The van der Waals surface area contributed by atoms with E-state index in [4.69, 9.17) is 11.6 Å². The summed E-state index contributed by atoms with van der Waals surface area (Å²) in [6.07, 6.45) is 2.78. The Hall–Kier alpha value is -2.06. The van der Waals surface area contributed by atoms with Gasteiger partial charge in [-0.2, -0.15) is 24.7 Å². The number of nitrogens with zero attached hydrogens (tertiary/aromatic N) is 6. The molecule has 0 saturated heterocycles. The van der Waals surface area contributed by atoms with Gasteiger partial charge in [0.15, 0.2) is 5.16 Å². The number of rotatable bonds is 3. The number of halogens is 2. The normalized spacial score (nSPS) is 10.7. The van der Waals surface area contributed by atoms with Crippen molar-refractivity contribution in [2.75, 3.05) is 0 Å². The van der Waals surface area contributed by atoms with Gasteiger partial charge in [0, 0.05) is 0 Å². The Morgan fingerprint density at radius 3 is 2.75 bits per heavy atom. The maximum atomic E-state index is 13.6. The molecule has 3 rings (SSSR count). The molecule has 0 spiro atoms. The van der Waals surface area contributed by atoms with Crippen LogP contribution < -0.4 is 0 Å². The monoisotopic (exact) mass is 308 g/mol. The molecule has 0 N–H and O–H groups in total. The van der Waals surface area contributed by atoms with Gasteiger partial charge >= 0.3 is 0 Å². The molecule has 1 aromatic carbocycles. The summed E-state index contributed by atoms with van der Waals surface area (Å²) >= 11 is 6.90. The van der Waals surface area contributed by atoms with Crippen molar-refractivity contribution in [3.63, 3.8) is 0 Å². The van der Waals surface area contributed by atoms with E-state index in [1.54, 1.807) is 18.2 Å². The van der Waals surface area contributed by atoms with Crippen LogP contribution in [0.25, 0.3) is 5.95 Å². The SMILES string of the molecule is Fc1ccccc1Sc1nc(Cl)nc(-n2cncn2)n1. The van der Waals surface area contributed by atoms with Crippen LogP contribution in [0.3, 0.4) is 0 Å². The summed E-state index contributed by atoms with van der Waals surface area (Å²) in [5, 5.41) is 4.19. The first kappa shape index (κ1) is 12.9. The molecule has 100 valence electrons. The zero-order valence-corrected chi connectivity index (χ0v) is 11.4. The molecule has 0 bridgehead atoms. The van der Waals surface area contributed by atoms with Crippen LogP contribution in [0.4, 0.5) is 4.39 Å². The van der Waals surface area contributed by atoms with E-state index in [2.05, 4.69) is 25.0 Å². The fourth-order valence-electron chi connectivity index (χ4n) is 1.41. The summed E-state index contributed by atoms with van der Waals surface area (Å²) in [6.45, 7) is 0. The van der Waals surface area contributed by atoms with Crippen LogP contribution in [-0.4, -0.2) is 29.7 Å². The maximum Gasteiger partial charge on any atom is 0.257 e. The van der Waals surface area contributed by atoms with Crippen LogP contribution in [-0.2, 0) is 0 Å². The number of hydrogen-bond acceptors (Lipinski definition) is 6. The summed E-state index contributed by atoms with van der Waals surface area (Å²) in [5.41, 5.74) is 0. The number of aromatic nitrogens is 6. The minimum absolute atomic E-state index is 0.00402. The standard InChI is InChI=1S/C11H6ClFN6S/c12-9-16-10(19-6-14-5-15-19)18-11(17-9)20-8-4-2-1-3-7(8)13/h1-6H. The Morgan fingerprint density at radius 1 is 1.15 bits per heavy atom. The first-order chi connectivity index (χ1) is 9.72. The van der Waals surface area contributed by atoms with Gasteiger partial charge in [-0.05, 0) is 35.5 Å². The molecule has 2 aromatic heterocycles. The third-order valence-electron chi connectivity index (χ3n) is 2.24. The smallest absolute Gasteiger partial charge is 0.223 e. The second-order valence-corrected chi connectivity index (χ2v) is 4.91. The molecule has 0 atom stereocenters. The molecule has 6 nitrogen and oxygen atoms in total. The van der Waals surface area contributed by atoms with E-state index in [-0.39, 0.29) is 22.2 Å². The average molecular weight is 309 g/mol. The van der Waals surface area contributed by atoms with Gasteiger partial charge in [0.2, 0.25) is 5.28 Å². The first-order valence-electron chi connectivity index (χ1n) is 5.41. The highest BCUT2D eigenvalue weighted by atomic mass is 35.5. The minimum Gasteiger partial charge on any atom is -0.223 e. The van der Waals surface area contributed by atoms with E-state index >= 15 is 0 Å². The van der Waals surface area contributed by atoms with E-state index < -0.39 is 0 Å². The highest BCUT2D eigenvalue weighted by Gasteiger charge is 2.11. The Kier molecular flexibility index (Phi) is 3.57. The lowest BCUT2D eigenvalue weighted by atomic mass is 10.4. The molecular formula is C11H6ClFN6S. The van der Waals surface area contributed by atoms with Crippen molar-refractivity contribution in [1.82, 2.24) is 29.7 Å². The molecule has 0 aliphatic heterocycles. The lowest BCUT2D eigenvalue weighted by molar-refractivity contribution is 0.601. The average Bonchev–Trinajstić information content (AvgIpc) is 2.95. The molecule has 9 heteroatoms. The van der Waals surface area contributed by atoms with Crippen molar-refractivity contribution >= 4 is 23.4 Å². The van der Waals surface area contributed by atoms with Crippen molar-refractivity contribution in [3.8, 4) is 5.95 Å². The molecule has 0 fully saturated rings. The van der Waals surface area contributed by atoms with Crippen molar-refractivity contribution in [1.29, 1.82) is 0 Å². The van der Waals surface area contributed by atoms with Gasteiger partial charge in [-0.25, -0.2) is 9.37 Å². The Bertz CT molecular complexity index is 736. The summed E-state index contributed by atoms with van der Waals surface area (Å²) in [6, 6.07) is 6.34. The predicted molar refractivity (Wildman–Crippen MR) is 70.3 cm³/mol. The van der Waals surface area contributed by atoms with Crippen molar-refractivity contribution in [3.05, 3.63) is 48.0 Å². The molecule has 0 amide bonds. The van der Waals surface area contributed by atoms with Crippen molar-refractivity contribution < 1.29 is 4.39 Å². The van der Waals surface area contributed by atoms with Gasteiger partial charge in [-0.1, -0.05) is 12.1 Å². The molecule has 2 heterocycles. The van der Waals surface area contributed by atoms with Crippen molar-refractivity contribution in [2.24, 2.45) is 0 Å². The van der Waals surface area contributed by atoms with Crippen LogP contribution in [0.2, 0.25) is 5.28 Å². The van der Waals surface area contributed by atoms with Gasteiger partial charge in [0.05, 0.1) is 4.90 Å². The van der Waals surface area contributed by atoms with E-state index in [1.165, 1.54) is 23.4 Å². The van der Waals surface area contributed by atoms with Gasteiger partial charge < -0.3 is 0 Å². The summed E-state index contributed by atoms with van der Waals surface area (Å²) in [7, 11) is 0. The van der Waals surface area contributed by atoms with Crippen molar-refractivity contribution in [2.45, 2.75) is 10.1 Å². The van der Waals surface area contributed by atoms with Gasteiger partial charge in [0.1, 0.15) is 18.5 Å². The van der Waals surface area contributed by atoms with Gasteiger partial charge in [0.25, 0.3) is 5.95 Å². The van der Waals surface area contributed by atoms with Gasteiger partial charge in [-0.15, -0.1) is 0 Å². The Labute approximate surface area is 122 Å². The Balaban J connectivity index is 1.97. The van der Waals surface area contributed by atoms with Crippen LogP contribution in [0, 0.1) is 5.82 Å². The number of hydrogen-bond donors (Lipinski definition) is 0. The highest BCUT2D eigenvalue weighted by molar-refractivity contribution is 7.99. The van der Waals surface area contributed by atoms with Gasteiger partial charge in [-0.3, -0.25) is 0 Å². The topological polar surface area (TPSA) is 69.4 Å². The molecule has 0 radical (unpaired) electrons. The lowest BCUT2D eigenvalue weighted by Crippen LogP contribution is -2.04. The Morgan fingerprint density at radius 2 is 2.00 bits per heavy atom. The zero-order chi connectivity index (χ0) is 13.9. The van der Waals surface area contributed by atoms with E-state index in [0.717, 1.165) is 11.8 Å². The summed E-state index contributed by atoms with van der Waals surface area (Å²) in [4.78, 5) is 16.3. The quantitative estimate of drug-likeness (QED) is 0.740. The van der Waals surface area contributed by atoms with E-state index in [1.807, 2.05) is 0 Å². The number of benzene rings is 1. The summed E-state index contributed by atoms with van der Waals surface area (Å²) < 4.78 is 14.9. The molecule has 0 saturated carbocycles. The molecule has 0 unspecified atom stereocenters. The first-order valence-corrected chi connectivity index (χ1v) is 6.61. The molecule has 3 aromatic rings. The highest BCUT2D eigenvalue weighted by Crippen LogP contribution is 2.27. The summed E-state index contributed by atoms with van der Waals surface area (Å²) in [5.74, 6) is -0.127. The maximum absolute atomic E-state index is 13.6. The van der Waals surface area contributed by atoms with Crippen LogP contribution in [0.15, 0.2) is 47.0 Å². The van der Waals surface area contributed by atoms with E-state index in [0.29, 0.717) is 4.90 Å². The molecular weight excluding hydrogens is 303 g/mol. The lowest BCUT2D eigenvalue weighted by Gasteiger charge is -2.04. The second-order valence-electron chi connectivity index (χ2n) is 3.56. The van der Waals surface area contributed by atoms with Crippen LogP contribution in [0.1, 0.15) is 0 Å². The fourth-order valence-corrected chi connectivity index (χ4v) is 2.38. The molecule has 0 aliphatic rings. The predicted octanol–water partition coefficient (Wildman–Crippen LogP) is 2.40. The third kappa shape index (κ3) is 2.75. The largest absolute Gasteiger partial charge is 0.257 e. The zero-order valence-electron chi connectivity index (χ0n) is 9.81. The van der Waals surface area contributed by atoms with Crippen LogP contribution in [0.5, 0.6) is 0 Å². The molecule has 0 aliphatic carbocycles. The molecule has 20 heavy (non-hydrogen) atoms. The fraction of sp³-hybridized carbons (Fsp3) is 0.